The molecule has 0 aromatic carbocycles. The fraction of sp³-hybridized carbons (Fsp3) is 0.733. The zero-order valence-electron chi connectivity index (χ0n) is 12.5. The van der Waals surface area contributed by atoms with E-state index in [1.54, 1.807) is 11.3 Å². The van der Waals surface area contributed by atoms with E-state index in [2.05, 4.69) is 15.2 Å². The van der Waals surface area contributed by atoms with Gasteiger partial charge in [0.05, 0.1) is 18.3 Å². The minimum absolute atomic E-state index is 0.0185. The minimum Gasteiger partial charge on any atom is -0.392 e. The molecule has 3 rings (SSSR count). The van der Waals surface area contributed by atoms with Crippen molar-refractivity contribution in [1.82, 2.24) is 9.88 Å². The van der Waals surface area contributed by atoms with Crippen molar-refractivity contribution in [3.8, 4) is 0 Å². The Hall–Kier alpha value is -0.980. The number of carbonyl (C=O) groups excluding carboxylic acids is 1. The Bertz CT molecular complexity index is 494. The molecule has 2 atom stereocenters. The molecular weight excluding hydrogens is 286 g/mol. The third kappa shape index (κ3) is 3.44. The number of thiazole rings is 1. The topological polar surface area (TPSA) is 65.5 Å². The van der Waals surface area contributed by atoms with Crippen LogP contribution < -0.4 is 5.32 Å². The lowest BCUT2D eigenvalue weighted by Gasteiger charge is -2.36. The van der Waals surface area contributed by atoms with Crippen molar-refractivity contribution in [3.63, 3.8) is 0 Å². The molecule has 2 aliphatic rings. The van der Waals surface area contributed by atoms with Gasteiger partial charge in [-0.2, -0.15) is 0 Å². The Labute approximate surface area is 129 Å². The van der Waals surface area contributed by atoms with Gasteiger partial charge < -0.3 is 10.4 Å². The number of fused-ring (bicyclic) bond motifs is 1. The highest BCUT2D eigenvalue weighted by Crippen LogP contribution is 2.30. The molecule has 1 aliphatic heterocycles. The van der Waals surface area contributed by atoms with Gasteiger partial charge in [-0.15, -0.1) is 11.3 Å². The Kier molecular flexibility index (Phi) is 4.57. The van der Waals surface area contributed by atoms with Gasteiger partial charge in [-0.1, -0.05) is 6.42 Å². The fourth-order valence-electron chi connectivity index (χ4n) is 3.35. The Morgan fingerprint density at radius 3 is 3.10 bits per heavy atom. The third-order valence-electron chi connectivity index (χ3n) is 4.41. The number of likely N-dealkylation sites (tertiary alicyclic amines) is 1. The zero-order valence-corrected chi connectivity index (χ0v) is 13.3. The number of hydrogen-bond donors (Lipinski definition) is 2. The number of nitrogens with zero attached hydrogens (tertiary/aromatic N) is 2. The van der Waals surface area contributed by atoms with Gasteiger partial charge in [0.1, 0.15) is 0 Å². The summed E-state index contributed by atoms with van der Waals surface area (Å²) in [5, 5.41) is 13.5. The lowest BCUT2D eigenvalue weighted by Crippen LogP contribution is -2.48. The quantitative estimate of drug-likeness (QED) is 0.890. The van der Waals surface area contributed by atoms with Crippen LogP contribution in [0.1, 0.15) is 43.2 Å². The smallest absolute Gasteiger partial charge is 0.240 e. The molecular formula is C15H23N3O2S. The van der Waals surface area contributed by atoms with Gasteiger partial charge in [0.25, 0.3) is 0 Å². The van der Waals surface area contributed by atoms with E-state index in [0.29, 0.717) is 6.54 Å². The van der Waals surface area contributed by atoms with Crippen molar-refractivity contribution >= 4 is 22.4 Å². The first-order chi connectivity index (χ1) is 10.1. The van der Waals surface area contributed by atoms with E-state index in [9.17, 15) is 9.90 Å². The van der Waals surface area contributed by atoms with Crippen molar-refractivity contribution in [2.75, 3.05) is 18.4 Å². The second-order valence-corrected chi connectivity index (χ2v) is 7.15. The Balaban J connectivity index is 1.57. The first-order valence-corrected chi connectivity index (χ1v) is 8.65. The van der Waals surface area contributed by atoms with Crippen LogP contribution in [0.5, 0.6) is 0 Å². The largest absolute Gasteiger partial charge is 0.392 e. The Morgan fingerprint density at radius 2 is 2.33 bits per heavy atom. The summed E-state index contributed by atoms with van der Waals surface area (Å²) in [6.45, 7) is 3.05. The van der Waals surface area contributed by atoms with Gasteiger partial charge >= 0.3 is 0 Å². The lowest BCUT2D eigenvalue weighted by molar-refractivity contribution is -0.118. The van der Waals surface area contributed by atoms with E-state index in [1.807, 2.05) is 6.92 Å². The van der Waals surface area contributed by atoms with Gasteiger partial charge in [0.15, 0.2) is 5.13 Å². The summed E-state index contributed by atoms with van der Waals surface area (Å²) in [6, 6.07) is 0.103. The molecule has 1 aliphatic carbocycles. The number of anilines is 1. The monoisotopic (exact) mass is 309 g/mol. The van der Waals surface area contributed by atoms with Crippen LogP contribution in [-0.4, -0.2) is 46.1 Å². The van der Waals surface area contributed by atoms with Gasteiger partial charge in [0, 0.05) is 10.9 Å². The summed E-state index contributed by atoms with van der Waals surface area (Å²) >= 11 is 1.61. The van der Waals surface area contributed by atoms with E-state index in [4.69, 9.17) is 0 Å². The zero-order chi connectivity index (χ0) is 14.8. The second kappa shape index (κ2) is 6.42. The van der Waals surface area contributed by atoms with Crippen LogP contribution >= 0.6 is 11.3 Å². The Morgan fingerprint density at radius 1 is 1.48 bits per heavy atom. The summed E-state index contributed by atoms with van der Waals surface area (Å²) in [4.78, 5) is 20.1. The highest BCUT2D eigenvalue weighted by atomic mass is 32.1. The van der Waals surface area contributed by atoms with Crippen LogP contribution in [0.3, 0.4) is 0 Å². The van der Waals surface area contributed by atoms with Gasteiger partial charge in [-0.25, -0.2) is 4.98 Å². The normalized spacial score (nSPS) is 23.8. The lowest BCUT2D eigenvalue weighted by atomic mass is 9.98. The minimum atomic E-state index is -0.387. The second-order valence-electron chi connectivity index (χ2n) is 6.06. The molecule has 1 aromatic heterocycles. The van der Waals surface area contributed by atoms with Crippen molar-refractivity contribution < 1.29 is 9.90 Å². The highest BCUT2D eigenvalue weighted by Gasteiger charge is 2.28. The van der Waals surface area contributed by atoms with Gasteiger partial charge in [0.2, 0.25) is 5.91 Å². The molecule has 116 valence electrons. The standard InChI is InChI=1S/C15H23N3O2S/c1-10(19)12-6-2-3-8-18(12)9-14(20)17-15-16-11-5-4-7-13(11)21-15/h10,12,19H,2-9H2,1H3,(H,16,17,20). The summed E-state index contributed by atoms with van der Waals surface area (Å²) in [7, 11) is 0. The number of hydrogen-bond acceptors (Lipinski definition) is 5. The molecule has 5 nitrogen and oxygen atoms in total. The average Bonchev–Trinajstić information content (AvgIpc) is 2.99. The fourth-order valence-corrected chi connectivity index (χ4v) is 4.41. The molecule has 2 heterocycles. The maximum atomic E-state index is 12.2. The molecule has 6 heteroatoms. The van der Waals surface area contributed by atoms with E-state index >= 15 is 0 Å². The molecule has 21 heavy (non-hydrogen) atoms. The van der Waals surface area contributed by atoms with E-state index in [1.165, 1.54) is 11.3 Å². The molecule has 0 saturated carbocycles. The van der Waals surface area contributed by atoms with Crippen LogP contribution in [0.4, 0.5) is 5.13 Å². The summed E-state index contributed by atoms with van der Waals surface area (Å²) in [5.41, 5.74) is 1.16. The molecule has 2 N–H and O–H groups in total. The molecule has 0 radical (unpaired) electrons. The number of aromatic nitrogens is 1. The predicted molar refractivity (Wildman–Crippen MR) is 83.7 cm³/mol. The molecule has 2 unspecified atom stereocenters. The van der Waals surface area contributed by atoms with Gasteiger partial charge in [-0.3, -0.25) is 9.69 Å². The summed E-state index contributed by atoms with van der Waals surface area (Å²) in [5.74, 6) is -0.0185. The highest BCUT2D eigenvalue weighted by molar-refractivity contribution is 7.15. The molecule has 0 spiro atoms. The molecule has 1 saturated heterocycles. The van der Waals surface area contributed by atoms with Crippen molar-refractivity contribution in [1.29, 1.82) is 0 Å². The van der Waals surface area contributed by atoms with E-state index < -0.39 is 0 Å². The van der Waals surface area contributed by atoms with Crippen molar-refractivity contribution in [2.45, 2.75) is 57.6 Å². The van der Waals surface area contributed by atoms with E-state index in [-0.39, 0.29) is 18.1 Å². The average molecular weight is 309 g/mol. The van der Waals surface area contributed by atoms with Crippen LogP contribution in [0, 0.1) is 0 Å². The molecule has 1 fully saturated rings. The number of aliphatic hydroxyl groups excluding tert-OH is 1. The van der Waals surface area contributed by atoms with Crippen LogP contribution in [0.15, 0.2) is 0 Å². The summed E-state index contributed by atoms with van der Waals surface area (Å²) < 4.78 is 0. The maximum Gasteiger partial charge on any atom is 0.240 e. The SMILES string of the molecule is CC(O)C1CCCCN1CC(=O)Nc1nc2c(s1)CCC2. The predicted octanol–water partition coefficient (Wildman–Crippen LogP) is 1.81. The first-order valence-electron chi connectivity index (χ1n) is 7.84. The molecule has 1 aromatic rings. The number of aliphatic hydroxyl groups is 1. The number of piperidine rings is 1. The van der Waals surface area contributed by atoms with Crippen LogP contribution in [0.2, 0.25) is 0 Å². The van der Waals surface area contributed by atoms with E-state index in [0.717, 1.165) is 49.5 Å². The number of rotatable bonds is 4. The maximum absolute atomic E-state index is 12.2. The van der Waals surface area contributed by atoms with Gasteiger partial charge in [-0.05, 0) is 45.6 Å². The number of amides is 1. The molecule has 0 bridgehead atoms. The van der Waals surface area contributed by atoms with Crippen molar-refractivity contribution in [2.24, 2.45) is 0 Å². The number of aryl methyl sites for hydroxylation is 2. The first kappa shape index (κ1) is 14.9. The van der Waals surface area contributed by atoms with Crippen LogP contribution in [-0.2, 0) is 17.6 Å². The van der Waals surface area contributed by atoms with Crippen molar-refractivity contribution in [3.05, 3.63) is 10.6 Å². The summed E-state index contributed by atoms with van der Waals surface area (Å²) in [6.07, 6.45) is 6.14. The number of carbonyl (C=O) groups is 1. The van der Waals surface area contributed by atoms with Crippen LogP contribution in [0.25, 0.3) is 0 Å². The number of nitrogens with one attached hydrogen (secondary N) is 1. The third-order valence-corrected chi connectivity index (χ3v) is 5.48. The molecule has 1 amide bonds.